The lowest BCUT2D eigenvalue weighted by Crippen LogP contribution is -2.15. The highest BCUT2D eigenvalue weighted by molar-refractivity contribution is 5.86. The third kappa shape index (κ3) is 2.67. The lowest BCUT2D eigenvalue weighted by atomic mass is 10.3. The summed E-state index contributed by atoms with van der Waals surface area (Å²) < 4.78 is 9.97. The predicted octanol–water partition coefficient (Wildman–Crippen LogP) is 2.24. The van der Waals surface area contributed by atoms with Crippen molar-refractivity contribution in [2.75, 3.05) is 0 Å². The number of rotatable bonds is 3. The molecule has 0 amide bonds. The minimum absolute atomic E-state index is 0.210. The molecule has 1 unspecified atom stereocenters. The van der Waals surface area contributed by atoms with Gasteiger partial charge in [-0.05, 0) is 25.5 Å². The highest BCUT2D eigenvalue weighted by Gasteiger charge is 2.14. The SMILES string of the molecule is CC#CC(CC)OC(=O)c1ccco1. The van der Waals surface area contributed by atoms with Crippen LogP contribution in [0.2, 0.25) is 0 Å². The van der Waals surface area contributed by atoms with Crippen LogP contribution < -0.4 is 0 Å². The van der Waals surface area contributed by atoms with Crippen molar-refractivity contribution in [1.29, 1.82) is 0 Å². The van der Waals surface area contributed by atoms with Crippen LogP contribution in [0.3, 0.4) is 0 Å². The Hall–Kier alpha value is -1.69. The largest absolute Gasteiger partial charge is 0.457 e. The molecule has 0 spiro atoms. The van der Waals surface area contributed by atoms with Crippen molar-refractivity contribution in [3.05, 3.63) is 24.2 Å². The van der Waals surface area contributed by atoms with Crippen LogP contribution >= 0.6 is 0 Å². The van der Waals surface area contributed by atoms with E-state index in [0.29, 0.717) is 6.42 Å². The van der Waals surface area contributed by atoms with Crippen molar-refractivity contribution < 1.29 is 13.9 Å². The average molecular weight is 192 g/mol. The van der Waals surface area contributed by atoms with Gasteiger partial charge in [0.25, 0.3) is 0 Å². The molecule has 0 saturated carbocycles. The zero-order valence-corrected chi connectivity index (χ0v) is 8.24. The lowest BCUT2D eigenvalue weighted by molar-refractivity contribution is 0.0368. The van der Waals surface area contributed by atoms with Gasteiger partial charge in [-0.25, -0.2) is 4.79 Å². The van der Waals surface area contributed by atoms with Crippen LogP contribution in [0.4, 0.5) is 0 Å². The number of hydrogen-bond donors (Lipinski definition) is 0. The average Bonchev–Trinajstić information content (AvgIpc) is 2.69. The Balaban J connectivity index is 2.58. The molecule has 1 aromatic heterocycles. The summed E-state index contributed by atoms with van der Waals surface area (Å²) in [4.78, 5) is 11.4. The van der Waals surface area contributed by atoms with Crippen LogP contribution in [0, 0.1) is 11.8 Å². The molecule has 0 aliphatic carbocycles. The first-order valence-electron chi connectivity index (χ1n) is 4.44. The fourth-order valence-electron chi connectivity index (χ4n) is 0.958. The third-order valence-electron chi connectivity index (χ3n) is 1.65. The van der Waals surface area contributed by atoms with Gasteiger partial charge < -0.3 is 9.15 Å². The Morgan fingerprint density at radius 2 is 2.50 bits per heavy atom. The monoisotopic (exact) mass is 192 g/mol. The molecule has 1 heterocycles. The molecule has 3 heteroatoms. The van der Waals surface area contributed by atoms with E-state index in [1.54, 1.807) is 19.1 Å². The molecular formula is C11H12O3. The van der Waals surface area contributed by atoms with Crippen LogP contribution in [0.15, 0.2) is 22.8 Å². The zero-order chi connectivity index (χ0) is 10.4. The van der Waals surface area contributed by atoms with E-state index in [1.807, 2.05) is 6.92 Å². The highest BCUT2D eigenvalue weighted by atomic mass is 16.6. The molecular weight excluding hydrogens is 180 g/mol. The molecule has 0 bridgehead atoms. The molecule has 14 heavy (non-hydrogen) atoms. The molecule has 3 nitrogen and oxygen atoms in total. The molecule has 0 saturated heterocycles. The molecule has 0 N–H and O–H groups in total. The molecule has 0 aliphatic heterocycles. The minimum Gasteiger partial charge on any atom is -0.457 e. The van der Waals surface area contributed by atoms with E-state index in [2.05, 4.69) is 11.8 Å². The first kappa shape index (κ1) is 10.4. The second-order valence-electron chi connectivity index (χ2n) is 2.67. The van der Waals surface area contributed by atoms with Crippen molar-refractivity contribution >= 4 is 5.97 Å². The first-order valence-corrected chi connectivity index (χ1v) is 4.44. The third-order valence-corrected chi connectivity index (χ3v) is 1.65. The number of esters is 1. The first-order chi connectivity index (χ1) is 6.77. The number of carbonyl (C=O) groups excluding carboxylic acids is 1. The quantitative estimate of drug-likeness (QED) is 0.544. The summed E-state index contributed by atoms with van der Waals surface area (Å²) in [5.41, 5.74) is 0. The summed E-state index contributed by atoms with van der Waals surface area (Å²) >= 11 is 0. The van der Waals surface area contributed by atoms with Gasteiger partial charge in [0.2, 0.25) is 5.76 Å². The molecule has 1 rings (SSSR count). The zero-order valence-electron chi connectivity index (χ0n) is 8.24. The van der Waals surface area contributed by atoms with E-state index in [4.69, 9.17) is 9.15 Å². The summed E-state index contributed by atoms with van der Waals surface area (Å²) in [6.45, 7) is 3.62. The second-order valence-corrected chi connectivity index (χ2v) is 2.67. The lowest BCUT2D eigenvalue weighted by Gasteiger charge is -2.07. The van der Waals surface area contributed by atoms with E-state index >= 15 is 0 Å². The van der Waals surface area contributed by atoms with Gasteiger partial charge in [-0.2, -0.15) is 0 Å². The van der Waals surface area contributed by atoms with Crippen LogP contribution in [0.1, 0.15) is 30.8 Å². The van der Waals surface area contributed by atoms with Gasteiger partial charge in [-0.1, -0.05) is 12.8 Å². The maximum Gasteiger partial charge on any atom is 0.375 e. The summed E-state index contributed by atoms with van der Waals surface area (Å²) in [6.07, 6.45) is 1.76. The van der Waals surface area contributed by atoms with Gasteiger partial charge in [-0.15, -0.1) is 5.92 Å². The number of carbonyl (C=O) groups is 1. The highest BCUT2D eigenvalue weighted by Crippen LogP contribution is 2.06. The van der Waals surface area contributed by atoms with Gasteiger partial charge in [0.1, 0.15) is 0 Å². The van der Waals surface area contributed by atoms with Gasteiger partial charge in [0.15, 0.2) is 6.10 Å². The Labute approximate surface area is 83.1 Å². The van der Waals surface area contributed by atoms with E-state index in [1.165, 1.54) is 6.26 Å². The predicted molar refractivity (Wildman–Crippen MR) is 51.7 cm³/mol. The molecule has 0 radical (unpaired) electrons. The van der Waals surface area contributed by atoms with E-state index in [9.17, 15) is 4.79 Å². The topological polar surface area (TPSA) is 39.4 Å². The molecule has 0 fully saturated rings. The van der Waals surface area contributed by atoms with Gasteiger partial charge in [0, 0.05) is 0 Å². The molecule has 0 aliphatic rings. The van der Waals surface area contributed by atoms with Crippen molar-refractivity contribution in [3.63, 3.8) is 0 Å². The van der Waals surface area contributed by atoms with Crippen LogP contribution in [-0.2, 0) is 4.74 Å². The van der Waals surface area contributed by atoms with Gasteiger partial charge >= 0.3 is 5.97 Å². The molecule has 0 aromatic carbocycles. The second kappa shape index (κ2) is 5.13. The standard InChI is InChI=1S/C11H12O3/c1-3-6-9(4-2)14-11(12)10-7-5-8-13-10/h5,7-9H,4H2,1-2H3. The Bertz CT molecular complexity index is 340. The van der Waals surface area contributed by atoms with Crippen LogP contribution in [0.25, 0.3) is 0 Å². The van der Waals surface area contributed by atoms with Crippen molar-refractivity contribution in [2.24, 2.45) is 0 Å². The van der Waals surface area contributed by atoms with Crippen molar-refractivity contribution in [1.82, 2.24) is 0 Å². The normalized spacial score (nSPS) is 11.3. The smallest absolute Gasteiger partial charge is 0.375 e. The summed E-state index contributed by atoms with van der Waals surface area (Å²) in [5.74, 6) is 5.24. The molecule has 1 aromatic rings. The van der Waals surface area contributed by atoms with Gasteiger partial charge in [-0.3, -0.25) is 0 Å². The molecule has 1 atom stereocenters. The molecule has 74 valence electrons. The van der Waals surface area contributed by atoms with Crippen LogP contribution in [-0.4, -0.2) is 12.1 Å². The number of hydrogen-bond acceptors (Lipinski definition) is 3. The number of furan rings is 1. The van der Waals surface area contributed by atoms with E-state index in [-0.39, 0.29) is 11.9 Å². The van der Waals surface area contributed by atoms with Gasteiger partial charge in [0.05, 0.1) is 6.26 Å². The van der Waals surface area contributed by atoms with Crippen LogP contribution in [0.5, 0.6) is 0 Å². The van der Waals surface area contributed by atoms with E-state index in [0.717, 1.165) is 0 Å². The maximum absolute atomic E-state index is 11.4. The van der Waals surface area contributed by atoms with Crippen molar-refractivity contribution in [2.45, 2.75) is 26.4 Å². The van der Waals surface area contributed by atoms with E-state index < -0.39 is 5.97 Å². The fourth-order valence-corrected chi connectivity index (χ4v) is 0.958. The summed E-state index contributed by atoms with van der Waals surface area (Å²) in [7, 11) is 0. The minimum atomic E-state index is -0.468. The Kier molecular flexibility index (Phi) is 3.81. The fraction of sp³-hybridized carbons (Fsp3) is 0.364. The summed E-state index contributed by atoms with van der Waals surface area (Å²) in [6, 6.07) is 3.21. The number of ether oxygens (including phenoxy) is 1. The Morgan fingerprint density at radius 1 is 1.71 bits per heavy atom. The Morgan fingerprint density at radius 3 is 3.00 bits per heavy atom. The van der Waals surface area contributed by atoms with Crippen molar-refractivity contribution in [3.8, 4) is 11.8 Å². The maximum atomic E-state index is 11.4. The summed E-state index contributed by atoms with van der Waals surface area (Å²) in [5, 5.41) is 0.